The van der Waals surface area contributed by atoms with E-state index in [0.717, 1.165) is 50.7 Å². The maximum absolute atomic E-state index is 4.71. The van der Waals surface area contributed by atoms with Crippen LogP contribution in [0.4, 0.5) is 0 Å². The Kier molecular flexibility index (Phi) is 4.70. The van der Waals surface area contributed by atoms with Crippen molar-refractivity contribution in [1.29, 1.82) is 0 Å². The van der Waals surface area contributed by atoms with E-state index in [1.807, 2.05) is 29.5 Å². The van der Waals surface area contributed by atoms with Gasteiger partial charge in [-0.1, -0.05) is 18.7 Å². The summed E-state index contributed by atoms with van der Waals surface area (Å²) in [6, 6.07) is 4.55. The number of H-pyrrole nitrogens is 1. The number of hydrogen-bond acceptors (Lipinski definition) is 5. The van der Waals surface area contributed by atoms with Crippen molar-refractivity contribution < 1.29 is 0 Å². The van der Waals surface area contributed by atoms with Gasteiger partial charge in [0.05, 0.1) is 11.9 Å². The Morgan fingerprint density at radius 3 is 2.70 bits per heavy atom. The molecular formula is C20H22N6S. The number of aryl methyl sites for hydroxylation is 1. The summed E-state index contributed by atoms with van der Waals surface area (Å²) >= 11 is 1.56. The van der Waals surface area contributed by atoms with Gasteiger partial charge >= 0.3 is 0 Å². The molecule has 0 aliphatic heterocycles. The molecule has 138 valence electrons. The lowest BCUT2D eigenvalue weighted by molar-refractivity contribution is 0.532. The molecule has 0 aliphatic rings. The van der Waals surface area contributed by atoms with Gasteiger partial charge in [0.2, 0.25) is 0 Å². The van der Waals surface area contributed by atoms with Gasteiger partial charge in [0.15, 0.2) is 5.16 Å². The van der Waals surface area contributed by atoms with Crippen LogP contribution >= 0.6 is 11.8 Å². The largest absolute Gasteiger partial charge is 0.345 e. The average Bonchev–Trinajstić information content (AvgIpc) is 3.34. The molecule has 0 atom stereocenters. The molecule has 0 unspecified atom stereocenters. The number of nitrogens with zero attached hydrogens (tertiary/aromatic N) is 5. The molecule has 4 aromatic heterocycles. The van der Waals surface area contributed by atoms with E-state index in [1.54, 1.807) is 11.8 Å². The maximum Gasteiger partial charge on any atom is 0.188 e. The van der Waals surface area contributed by atoms with Gasteiger partial charge in [-0.05, 0) is 38.7 Å². The van der Waals surface area contributed by atoms with Gasteiger partial charge < -0.3 is 4.98 Å². The van der Waals surface area contributed by atoms with Crippen molar-refractivity contribution in [2.24, 2.45) is 0 Å². The van der Waals surface area contributed by atoms with E-state index in [-0.39, 0.29) is 0 Å². The molecule has 0 bridgehead atoms. The fourth-order valence-corrected chi connectivity index (χ4v) is 3.42. The Hall–Kier alpha value is -2.67. The minimum absolute atomic E-state index is 0.330. The molecule has 0 saturated carbocycles. The van der Waals surface area contributed by atoms with Crippen molar-refractivity contribution in [3.05, 3.63) is 42.6 Å². The van der Waals surface area contributed by atoms with Gasteiger partial charge in [-0.15, -0.1) is 0 Å². The Bertz CT molecular complexity index is 1070. The van der Waals surface area contributed by atoms with Crippen molar-refractivity contribution in [2.45, 2.75) is 38.4 Å². The van der Waals surface area contributed by atoms with Crippen LogP contribution in [0.15, 0.2) is 42.1 Å². The first-order valence-corrected chi connectivity index (χ1v) is 10.3. The summed E-state index contributed by atoms with van der Waals surface area (Å²) in [4.78, 5) is 17.1. The van der Waals surface area contributed by atoms with E-state index < -0.39 is 0 Å². The number of aromatic nitrogens is 6. The molecule has 4 aromatic rings. The summed E-state index contributed by atoms with van der Waals surface area (Å²) in [6.45, 7) is 6.34. The minimum Gasteiger partial charge on any atom is -0.345 e. The lowest BCUT2D eigenvalue weighted by atomic mass is 10.1. The Morgan fingerprint density at radius 1 is 1.15 bits per heavy atom. The molecule has 0 amide bonds. The van der Waals surface area contributed by atoms with E-state index in [2.05, 4.69) is 59.2 Å². The van der Waals surface area contributed by atoms with Crippen LogP contribution in [0.5, 0.6) is 0 Å². The highest BCUT2D eigenvalue weighted by atomic mass is 32.2. The molecule has 6 nitrogen and oxygen atoms in total. The molecule has 0 aliphatic carbocycles. The van der Waals surface area contributed by atoms with Gasteiger partial charge in [0.1, 0.15) is 5.65 Å². The first-order chi connectivity index (χ1) is 13.1. The van der Waals surface area contributed by atoms with Crippen molar-refractivity contribution in [2.75, 3.05) is 6.26 Å². The quantitative estimate of drug-likeness (QED) is 0.401. The van der Waals surface area contributed by atoms with Crippen LogP contribution in [0.25, 0.3) is 33.4 Å². The summed E-state index contributed by atoms with van der Waals surface area (Å²) in [5.74, 6) is 0. The smallest absolute Gasteiger partial charge is 0.188 e. The third-order valence-corrected chi connectivity index (χ3v) is 5.12. The second-order valence-electron chi connectivity index (χ2n) is 6.71. The van der Waals surface area contributed by atoms with E-state index >= 15 is 0 Å². The molecule has 1 N–H and O–H groups in total. The first-order valence-electron chi connectivity index (χ1n) is 9.03. The summed E-state index contributed by atoms with van der Waals surface area (Å²) in [7, 11) is 0. The van der Waals surface area contributed by atoms with E-state index in [4.69, 9.17) is 4.98 Å². The third kappa shape index (κ3) is 3.35. The van der Waals surface area contributed by atoms with Crippen LogP contribution in [-0.2, 0) is 6.42 Å². The highest BCUT2D eigenvalue weighted by Gasteiger charge is 2.13. The molecule has 0 spiro atoms. The zero-order valence-corrected chi connectivity index (χ0v) is 16.7. The Morgan fingerprint density at radius 2 is 2.00 bits per heavy atom. The van der Waals surface area contributed by atoms with Crippen LogP contribution in [-0.4, -0.2) is 36.0 Å². The highest BCUT2D eigenvalue weighted by Crippen LogP contribution is 2.31. The predicted molar refractivity (Wildman–Crippen MR) is 110 cm³/mol. The molecule has 0 radical (unpaired) electrons. The molecule has 4 rings (SSSR count). The number of rotatable bonds is 5. The minimum atomic E-state index is 0.330. The second kappa shape index (κ2) is 7.15. The van der Waals surface area contributed by atoms with Crippen LogP contribution in [0.2, 0.25) is 0 Å². The monoisotopic (exact) mass is 378 g/mol. The summed E-state index contributed by atoms with van der Waals surface area (Å²) in [5.41, 5.74) is 5.97. The zero-order chi connectivity index (χ0) is 19.0. The van der Waals surface area contributed by atoms with Crippen LogP contribution in [0.3, 0.4) is 0 Å². The SMILES string of the molecule is CCc1cc(-c2c[nH]c3ncc(-c4cnn(C(C)C)c4)cc23)nc(SC)n1. The molecule has 27 heavy (non-hydrogen) atoms. The van der Waals surface area contributed by atoms with Crippen molar-refractivity contribution in [3.8, 4) is 22.4 Å². The number of aromatic amines is 1. The van der Waals surface area contributed by atoms with E-state index in [0.29, 0.717) is 6.04 Å². The van der Waals surface area contributed by atoms with Crippen molar-refractivity contribution in [1.82, 2.24) is 29.7 Å². The zero-order valence-electron chi connectivity index (χ0n) is 15.9. The summed E-state index contributed by atoms with van der Waals surface area (Å²) in [6.07, 6.45) is 10.7. The van der Waals surface area contributed by atoms with Gasteiger partial charge in [0, 0.05) is 52.4 Å². The van der Waals surface area contributed by atoms with E-state index in [1.165, 1.54) is 0 Å². The van der Waals surface area contributed by atoms with Gasteiger partial charge in [-0.25, -0.2) is 15.0 Å². The first kappa shape index (κ1) is 17.7. The lowest BCUT2D eigenvalue weighted by Crippen LogP contribution is -1.99. The number of fused-ring (bicyclic) bond motifs is 1. The Labute approximate surface area is 162 Å². The van der Waals surface area contributed by atoms with Crippen LogP contribution in [0, 0.1) is 0 Å². The Balaban J connectivity index is 1.83. The molecular weight excluding hydrogens is 356 g/mol. The van der Waals surface area contributed by atoms with Crippen LogP contribution in [0.1, 0.15) is 32.5 Å². The summed E-state index contributed by atoms with van der Waals surface area (Å²) < 4.78 is 1.96. The number of nitrogens with one attached hydrogen (secondary N) is 1. The third-order valence-electron chi connectivity index (χ3n) is 4.57. The lowest BCUT2D eigenvalue weighted by Gasteiger charge is -2.05. The van der Waals surface area contributed by atoms with Crippen molar-refractivity contribution in [3.63, 3.8) is 0 Å². The fourth-order valence-electron chi connectivity index (χ4n) is 3.03. The second-order valence-corrected chi connectivity index (χ2v) is 7.48. The molecule has 0 saturated heterocycles. The number of pyridine rings is 1. The molecule has 0 fully saturated rings. The highest BCUT2D eigenvalue weighted by molar-refractivity contribution is 7.98. The standard InChI is InChI=1S/C20H22N6S/c1-5-15-7-18(25-20(24-15)27-4)17-10-22-19-16(17)6-13(8-21-19)14-9-23-26(11-14)12(2)3/h6-12H,5H2,1-4H3,(H,21,22). The van der Waals surface area contributed by atoms with Gasteiger partial charge in [0.25, 0.3) is 0 Å². The normalized spacial score (nSPS) is 11.6. The predicted octanol–water partition coefficient (Wildman–Crippen LogP) is 4.75. The molecule has 4 heterocycles. The van der Waals surface area contributed by atoms with Gasteiger partial charge in [-0.2, -0.15) is 5.10 Å². The topological polar surface area (TPSA) is 72.3 Å². The molecule has 7 heteroatoms. The van der Waals surface area contributed by atoms with Crippen LogP contribution < -0.4 is 0 Å². The summed E-state index contributed by atoms with van der Waals surface area (Å²) in [5, 5.41) is 6.29. The maximum atomic E-state index is 4.71. The number of thioether (sulfide) groups is 1. The van der Waals surface area contributed by atoms with Crippen molar-refractivity contribution >= 4 is 22.8 Å². The molecule has 0 aromatic carbocycles. The average molecular weight is 379 g/mol. The fraction of sp³-hybridized carbons (Fsp3) is 0.300. The number of hydrogen-bond donors (Lipinski definition) is 1. The van der Waals surface area contributed by atoms with E-state index in [9.17, 15) is 0 Å². The van der Waals surface area contributed by atoms with Gasteiger partial charge in [-0.3, -0.25) is 4.68 Å².